The standard InChI is InChI=1S/C26H28N4O3/c31-20-24(32)23-11-9-22(10-12-23)19-30(25-8-4-5-13-27-25)26(33)29-16-14-28(15-17-29)18-21-6-2-1-3-7-21/h1-13,31H,14-20H2. The number of rotatable bonds is 7. The summed E-state index contributed by atoms with van der Waals surface area (Å²) in [6, 6.07) is 22.8. The van der Waals surface area contributed by atoms with Crippen molar-refractivity contribution in [2.45, 2.75) is 13.1 Å². The first-order valence-electron chi connectivity index (χ1n) is 11.1. The second-order valence-electron chi connectivity index (χ2n) is 8.08. The Bertz CT molecular complexity index is 1050. The topological polar surface area (TPSA) is 77.0 Å². The average molecular weight is 445 g/mol. The number of urea groups is 1. The van der Waals surface area contributed by atoms with Crippen LogP contribution in [0.2, 0.25) is 0 Å². The highest BCUT2D eigenvalue weighted by Crippen LogP contribution is 2.19. The number of hydrogen-bond acceptors (Lipinski definition) is 5. The van der Waals surface area contributed by atoms with Gasteiger partial charge >= 0.3 is 6.03 Å². The van der Waals surface area contributed by atoms with Gasteiger partial charge in [-0.2, -0.15) is 0 Å². The van der Waals surface area contributed by atoms with Gasteiger partial charge in [-0.1, -0.05) is 60.7 Å². The Hall–Kier alpha value is -3.55. The molecule has 1 saturated heterocycles. The van der Waals surface area contributed by atoms with Gasteiger partial charge in [-0.3, -0.25) is 14.6 Å². The van der Waals surface area contributed by atoms with Gasteiger partial charge < -0.3 is 10.0 Å². The summed E-state index contributed by atoms with van der Waals surface area (Å²) in [5, 5.41) is 9.05. The van der Waals surface area contributed by atoms with E-state index in [0.717, 1.165) is 25.2 Å². The number of pyridine rings is 1. The normalized spacial score (nSPS) is 14.2. The monoisotopic (exact) mass is 444 g/mol. The molecule has 7 heteroatoms. The summed E-state index contributed by atoms with van der Waals surface area (Å²) >= 11 is 0. The Kier molecular flexibility index (Phi) is 7.44. The van der Waals surface area contributed by atoms with Crippen LogP contribution in [0.3, 0.4) is 0 Å². The first-order valence-corrected chi connectivity index (χ1v) is 11.1. The maximum Gasteiger partial charge on any atom is 0.326 e. The van der Waals surface area contributed by atoms with Crippen LogP contribution in [-0.2, 0) is 13.1 Å². The number of aromatic nitrogens is 1. The lowest BCUT2D eigenvalue weighted by molar-refractivity contribution is 0.0903. The van der Waals surface area contributed by atoms with Gasteiger partial charge in [-0.15, -0.1) is 0 Å². The predicted molar refractivity (Wildman–Crippen MR) is 127 cm³/mol. The van der Waals surface area contributed by atoms with E-state index >= 15 is 0 Å². The van der Waals surface area contributed by atoms with Gasteiger partial charge in [0.25, 0.3) is 0 Å². The second-order valence-corrected chi connectivity index (χ2v) is 8.08. The van der Waals surface area contributed by atoms with Crippen molar-refractivity contribution >= 4 is 17.6 Å². The van der Waals surface area contributed by atoms with Gasteiger partial charge in [0.15, 0.2) is 5.78 Å². The first kappa shape index (κ1) is 22.6. The third-order valence-electron chi connectivity index (χ3n) is 5.81. The van der Waals surface area contributed by atoms with Crippen molar-refractivity contribution in [1.82, 2.24) is 14.8 Å². The highest BCUT2D eigenvalue weighted by Gasteiger charge is 2.27. The van der Waals surface area contributed by atoms with E-state index in [-0.39, 0.29) is 11.8 Å². The van der Waals surface area contributed by atoms with Crippen molar-refractivity contribution in [3.05, 3.63) is 95.7 Å². The maximum atomic E-state index is 13.5. The number of anilines is 1. The molecule has 33 heavy (non-hydrogen) atoms. The smallest absolute Gasteiger partial charge is 0.326 e. The Labute approximate surface area is 193 Å². The van der Waals surface area contributed by atoms with E-state index in [1.165, 1.54) is 5.56 Å². The molecular weight excluding hydrogens is 416 g/mol. The summed E-state index contributed by atoms with van der Waals surface area (Å²) < 4.78 is 0. The third-order valence-corrected chi connectivity index (χ3v) is 5.81. The maximum absolute atomic E-state index is 13.5. The van der Waals surface area contributed by atoms with Crippen molar-refractivity contribution in [3.8, 4) is 0 Å². The zero-order chi connectivity index (χ0) is 23.0. The summed E-state index contributed by atoms with van der Waals surface area (Å²) in [4.78, 5) is 35.5. The summed E-state index contributed by atoms with van der Waals surface area (Å²) in [7, 11) is 0. The molecule has 2 aromatic carbocycles. The molecule has 1 aliphatic rings. The van der Waals surface area contributed by atoms with Crippen LogP contribution in [0.25, 0.3) is 0 Å². The van der Waals surface area contributed by atoms with Crippen molar-refractivity contribution in [3.63, 3.8) is 0 Å². The van der Waals surface area contributed by atoms with Crippen LogP contribution in [0.4, 0.5) is 10.6 Å². The molecule has 7 nitrogen and oxygen atoms in total. The summed E-state index contributed by atoms with van der Waals surface area (Å²) in [5.74, 6) is 0.261. The number of ketones is 1. The van der Waals surface area contributed by atoms with E-state index < -0.39 is 6.61 Å². The van der Waals surface area contributed by atoms with E-state index in [0.29, 0.717) is 31.0 Å². The molecular formula is C26H28N4O3. The van der Waals surface area contributed by atoms with E-state index in [1.54, 1.807) is 23.2 Å². The molecule has 0 spiro atoms. The number of amides is 2. The fraction of sp³-hybridized carbons (Fsp3) is 0.269. The van der Waals surface area contributed by atoms with E-state index in [4.69, 9.17) is 5.11 Å². The molecule has 1 aliphatic heterocycles. The lowest BCUT2D eigenvalue weighted by Gasteiger charge is -2.37. The number of carbonyl (C=O) groups is 2. The van der Waals surface area contributed by atoms with Gasteiger partial charge in [-0.05, 0) is 23.3 Å². The zero-order valence-electron chi connectivity index (χ0n) is 18.5. The number of nitrogens with zero attached hydrogens (tertiary/aromatic N) is 4. The number of carbonyl (C=O) groups excluding carboxylic acids is 2. The van der Waals surface area contributed by atoms with Crippen molar-refractivity contribution in [2.24, 2.45) is 0 Å². The molecule has 2 amide bonds. The second kappa shape index (κ2) is 10.8. The van der Waals surface area contributed by atoms with Crippen molar-refractivity contribution in [1.29, 1.82) is 0 Å². The first-order chi connectivity index (χ1) is 16.1. The lowest BCUT2D eigenvalue weighted by atomic mass is 10.1. The number of piperazine rings is 1. The highest BCUT2D eigenvalue weighted by atomic mass is 16.3. The number of benzene rings is 2. The van der Waals surface area contributed by atoms with E-state index in [1.807, 2.05) is 53.4 Å². The Morgan fingerprint density at radius 2 is 1.55 bits per heavy atom. The fourth-order valence-electron chi connectivity index (χ4n) is 3.94. The van der Waals surface area contributed by atoms with E-state index in [9.17, 15) is 9.59 Å². The minimum Gasteiger partial charge on any atom is -0.388 e. The van der Waals surface area contributed by atoms with Crippen LogP contribution in [-0.4, -0.2) is 64.5 Å². The third kappa shape index (κ3) is 5.83. The molecule has 0 bridgehead atoms. The predicted octanol–water partition coefficient (Wildman–Crippen LogP) is 3.20. The van der Waals surface area contributed by atoms with Crippen LogP contribution in [0.1, 0.15) is 21.5 Å². The van der Waals surface area contributed by atoms with Gasteiger partial charge in [0, 0.05) is 44.5 Å². The van der Waals surface area contributed by atoms with Gasteiger partial charge in [-0.25, -0.2) is 9.78 Å². The zero-order valence-corrected chi connectivity index (χ0v) is 18.5. The highest BCUT2D eigenvalue weighted by molar-refractivity contribution is 5.97. The van der Waals surface area contributed by atoms with Gasteiger partial charge in [0.1, 0.15) is 12.4 Å². The number of aliphatic hydroxyl groups excluding tert-OH is 1. The largest absolute Gasteiger partial charge is 0.388 e. The molecule has 3 aromatic rings. The summed E-state index contributed by atoms with van der Waals surface area (Å²) in [6.07, 6.45) is 1.68. The average Bonchev–Trinajstić information content (AvgIpc) is 2.88. The molecule has 0 atom stereocenters. The molecule has 0 radical (unpaired) electrons. The quantitative estimate of drug-likeness (QED) is 0.567. The van der Waals surface area contributed by atoms with Crippen LogP contribution < -0.4 is 4.90 Å². The SMILES string of the molecule is O=C(CO)c1ccc(CN(C(=O)N2CCN(Cc3ccccc3)CC2)c2ccccn2)cc1. The molecule has 1 aromatic heterocycles. The number of Topliss-reactive ketones (excluding diaryl/α,β-unsaturated/α-hetero) is 1. The molecule has 4 rings (SSSR count). The molecule has 170 valence electrons. The van der Waals surface area contributed by atoms with E-state index in [2.05, 4.69) is 22.0 Å². The molecule has 1 fully saturated rings. The Morgan fingerprint density at radius 3 is 2.18 bits per heavy atom. The number of hydrogen-bond donors (Lipinski definition) is 1. The van der Waals surface area contributed by atoms with Crippen LogP contribution >= 0.6 is 0 Å². The fourth-order valence-corrected chi connectivity index (χ4v) is 3.94. The van der Waals surface area contributed by atoms with Crippen LogP contribution in [0.5, 0.6) is 0 Å². The van der Waals surface area contributed by atoms with Gasteiger partial charge in [0.2, 0.25) is 0 Å². The molecule has 0 saturated carbocycles. The molecule has 0 unspecified atom stereocenters. The minimum atomic E-state index is -0.520. The van der Waals surface area contributed by atoms with Crippen molar-refractivity contribution < 1.29 is 14.7 Å². The Balaban J connectivity index is 1.44. The summed E-state index contributed by atoms with van der Waals surface area (Å²) in [6.45, 7) is 3.63. The molecule has 0 aliphatic carbocycles. The lowest BCUT2D eigenvalue weighted by Crippen LogP contribution is -2.52. The molecule has 1 N–H and O–H groups in total. The van der Waals surface area contributed by atoms with Gasteiger partial charge in [0.05, 0.1) is 6.54 Å². The van der Waals surface area contributed by atoms with Crippen LogP contribution in [0, 0.1) is 0 Å². The minimum absolute atomic E-state index is 0.0800. The Morgan fingerprint density at radius 1 is 0.848 bits per heavy atom. The van der Waals surface area contributed by atoms with Crippen molar-refractivity contribution in [2.75, 3.05) is 37.7 Å². The number of aliphatic hydroxyl groups is 1. The molecule has 2 heterocycles. The van der Waals surface area contributed by atoms with Crippen LogP contribution in [0.15, 0.2) is 79.0 Å². The summed E-state index contributed by atoms with van der Waals surface area (Å²) in [5.41, 5.74) is 2.60.